The van der Waals surface area contributed by atoms with Crippen molar-refractivity contribution in [1.29, 1.82) is 0 Å². The SMILES string of the molecule is CCCCCCCCCC(O)(C=NO)CCCCC. The maximum absolute atomic E-state index is 10.4. The van der Waals surface area contributed by atoms with Gasteiger partial charge in [-0.3, -0.25) is 0 Å². The molecular formula is C16H33NO2. The summed E-state index contributed by atoms with van der Waals surface area (Å²) in [6, 6.07) is 0. The Hall–Kier alpha value is -0.570. The first-order chi connectivity index (χ1) is 9.18. The van der Waals surface area contributed by atoms with E-state index in [1.165, 1.54) is 44.7 Å². The highest BCUT2D eigenvalue weighted by Crippen LogP contribution is 2.21. The molecule has 0 spiro atoms. The van der Waals surface area contributed by atoms with Gasteiger partial charge in [0.15, 0.2) is 0 Å². The quantitative estimate of drug-likeness (QED) is 0.217. The van der Waals surface area contributed by atoms with Crippen LogP contribution in [0.15, 0.2) is 5.16 Å². The van der Waals surface area contributed by atoms with Gasteiger partial charge in [0.1, 0.15) is 5.60 Å². The summed E-state index contributed by atoms with van der Waals surface area (Å²) in [4.78, 5) is 0. The van der Waals surface area contributed by atoms with Crippen molar-refractivity contribution in [2.24, 2.45) is 5.16 Å². The van der Waals surface area contributed by atoms with Crippen LogP contribution in [-0.4, -0.2) is 22.1 Å². The lowest BCUT2D eigenvalue weighted by Gasteiger charge is -2.23. The van der Waals surface area contributed by atoms with Crippen LogP contribution < -0.4 is 0 Å². The number of rotatable bonds is 13. The zero-order valence-electron chi connectivity index (χ0n) is 12.9. The Kier molecular flexibility index (Phi) is 12.1. The molecule has 0 aromatic carbocycles. The molecule has 2 N–H and O–H groups in total. The molecule has 0 radical (unpaired) electrons. The first-order valence-electron chi connectivity index (χ1n) is 8.09. The van der Waals surface area contributed by atoms with E-state index in [2.05, 4.69) is 19.0 Å². The number of unbranched alkanes of at least 4 members (excludes halogenated alkanes) is 8. The predicted molar refractivity (Wildman–Crippen MR) is 82.0 cm³/mol. The first-order valence-corrected chi connectivity index (χ1v) is 8.09. The van der Waals surface area contributed by atoms with Crippen LogP contribution in [0.25, 0.3) is 0 Å². The van der Waals surface area contributed by atoms with Crippen LogP contribution in [0.1, 0.15) is 90.9 Å². The van der Waals surface area contributed by atoms with E-state index in [0.29, 0.717) is 12.8 Å². The minimum Gasteiger partial charge on any atom is -0.411 e. The molecule has 19 heavy (non-hydrogen) atoms. The molecule has 0 heterocycles. The van der Waals surface area contributed by atoms with Crippen molar-refractivity contribution in [3.63, 3.8) is 0 Å². The van der Waals surface area contributed by atoms with Gasteiger partial charge in [0, 0.05) is 0 Å². The van der Waals surface area contributed by atoms with Gasteiger partial charge in [0.2, 0.25) is 0 Å². The zero-order chi connectivity index (χ0) is 14.4. The molecule has 0 saturated carbocycles. The van der Waals surface area contributed by atoms with Crippen LogP contribution in [0, 0.1) is 0 Å². The van der Waals surface area contributed by atoms with Gasteiger partial charge >= 0.3 is 0 Å². The zero-order valence-corrected chi connectivity index (χ0v) is 12.9. The molecule has 1 unspecified atom stereocenters. The second-order valence-electron chi connectivity index (χ2n) is 5.68. The summed E-state index contributed by atoms with van der Waals surface area (Å²) in [6.07, 6.45) is 14.7. The fraction of sp³-hybridized carbons (Fsp3) is 0.938. The third kappa shape index (κ3) is 11.0. The molecule has 0 fully saturated rings. The van der Waals surface area contributed by atoms with Gasteiger partial charge in [-0.05, 0) is 12.8 Å². The van der Waals surface area contributed by atoms with E-state index < -0.39 is 5.60 Å². The standard InChI is InChI=1S/C16H33NO2/c1-3-5-7-8-9-10-12-14-16(18,15-17-19)13-11-6-4-2/h15,18-19H,3-14H2,1-2H3. The summed E-state index contributed by atoms with van der Waals surface area (Å²) in [6.45, 7) is 4.38. The topological polar surface area (TPSA) is 52.8 Å². The Labute approximate surface area is 119 Å². The van der Waals surface area contributed by atoms with E-state index in [-0.39, 0.29) is 0 Å². The molecule has 0 bridgehead atoms. The van der Waals surface area contributed by atoms with Gasteiger partial charge in [-0.15, -0.1) is 0 Å². The Balaban J connectivity index is 3.74. The molecule has 3 heteroatoms. The Morgan fingerprint density at radius 2 is 1.21 bits per heavy atom. The molecular weight excluding hydrogens is 238 g/mol. The van der Waals surface area contributed by atoms with Crippen LogP contribution >= 0.6 is 0 Å². The molecule has 1 atom stereocenters. The molecule has 0 rings (SSSR count). The molecule has 3 nitrogen and oxygen atoms in total. The highest BCUT2D eigenvalue weighted by atomic mass is 16.4. The van der Waals surface area contributed by atoms with Gasteiger partial charge < -0.3 is 10.3 Å². The lowest BCUT2D eigenvalue weighted by atomic mass is 9.91. The van der Waals surface area contributed by atoms with Crippen molar-refractivity contribution in [3.8, 4) is 0 Å². The summed E-state index contributed by atoms with van der Waals surface area (Å²) in [5, 5.41) is 22.1. The normalized spacial score (nSPS) is 14.9. The molecule has 0 amide bonds. The monoisotopic (exact) mass is 271 g/mol. The van der Waals surface area contributed by atoms with Crippen LogP contribution in [0.3, 0.4) is 0 Å². The highest BCUT2D eigenvalue weighted by Gasteiger charge is 2.23. The Morgan fingerprint density at radius 1 is 0.789 bits per heavy atom. The average molecular weight is 271 g/mol. The minimum atomic E-state index is -0.895. The summed E-state index contributed by atoms with van der Waals surface area (Å²) >= 11 is 0. The third-order valence-electron chi connectivity index (χ3n) is 3.72. The molecule has 114 valence electrons. The maximum atomic E-state index is 10.4. The van der Waals surface area contributed by atoms with Gasteiger partial charge in [-0.25, -0.2) is 0 Å². The van der Waals surface area contributed by atoms with E-state index in [4.69, 9.17) is 5.21 Å². The largest absolute Gasteiger partial charge is 0.411 e. The molecule has 0 aliphatic rings. The second-order valence-corrected chi connectivity index (χ2v) is 5.68. The van der Waals surface area contributed by atoms with E-state index in [1.807, 2.05) is 0 Å². The molecule has 0 aliphatic heterocycles. The molecule has 0 aliphatic carbocycles. The predicted octanol–water partition coefficient (Wildman–Crippen LogP) is 4.90. The fourth-order valence-electron chi connectivity index (χ4n) is 2.43. The van der Waals surface area contributed by atoms with E-state index in [1.54, 1.807) is 0 Å². The second kappa shape index (κ2) is 12.5. The number of oxime groups is 1. The van der Waals surface area contributed by atoms with Gasteiger partial charge in [-0.1, -0.05) is 83.2 Å². The fourth-order valence-corrected chi connectivity index (χ4v) is 2.43. The molecule has 0 aromatic heterocycles. The number of nitrogens with zero attached hydrogens (tertiary/aromatic N) is 1. The van der Waals surface area contributed by atoms with Gasteiger partial charge in [-0.2, -0.15) is 0 Å². The number of hydrogen-bond donors (Lipinski definition) is 2. The van der Waals surface area contributed by atoms with Crippen LogP contribution in [0.5, 0.6) is 0 Å². The average Bonchev–Trinajstić information content (AvgIpc) is 2.38. The summed E-state index contributed by atoms with van der Waals surface area (Å²) in [7, 11) is 0. The van der Waals surface area contributed by atoms with Crippen molar-refractivity contribution < 1.29 is 10.3 Å². The van der Waals surface area contributed by atoms with Gasteiger partial charge in [0.05, 0.1) is 6.21 Å². The Morgan fingerprint density at radius 3 is 1.74 bits per heavy atom. The molecule has 0 saturated heterocycles. The number of aliphatic hydroxyl groups is 1. The third-order valence-corrected chi connectivity index (χ3v) is 3.72. The van der Waals surface area contributed by atoms with Crippen molar-refractivity contribution in [3.05, 3.63) is 0 Å². The van der Waals surface area contributed by atoms with Crippen LogP contribution in [0.4, 0.5) is 0 Å². The lowest BCUT2D eigenvalue weighted by molar-refractivity contribution is 0.0882. The Bertz CT molecular complexity index is 219. The molecule has 0 aromatic rings. The highest BCUT2D eigenvalue weighted by molar-refractivity contribution is 5.67. The minimum absolute atomic E-state index is 0.709. The first kappa shape index (κ1) is 18.4. The van der Waals surface area contributed by atoms with Crippen molar-refractivity contribution >= 4 is 6.21 Å². The van der Waals surface area contributed by atoms with E-state index in [9.17, 15) is 5.11 Å². The van der Waals surface area contributed by atoms with Crippen molar-refractivity contribution in [2.75, 3.05) is 0 Å². The summed E-state index contributed by atoms with van der Waals surface area (Å²) in [5.74, 6) is 0. The van der Waals surface area contributed by atoms with Crippen molar-refractivity contribution in [2.45, 2.75) is 96.5 Å². The smallest absolute Gasteiger partial charge is 0.103 e. The van der Waals surface area contributed by atoms with Crippen LogP contribution in [0.2, 0.25) is 0 Å². The summed E-state index contributed by atoms with van der Waals surface area (Å²) < 4.78 is 0. The van der Waals surface area contributed by atoms with Crippen molar-refractivity contribution in [1.82, 2.24) is 0 Å². The lowest BCUT2D eigenvalue weighted by Crippen LogP contribution is -2.30. The number of hydrogen-bond acceptors (Lipinski definition) is 3. The summed E-state index contributed by atoms with van der Waals surface area (Å²) in [5.41, 5.74) is -0.895. The van der Waals surface area contributed by atoms with Gasteiger partial charge in [0.25, 0.3) is 0 Å². The van der Waals surface area contributed by atoms with Crippen LogP contribution in [-0.2, 0) is 0 Å². The van der Waals surface area contributed by atoms with E-state index in [0.717, 1.165) is 25.7 Å². The van der Waals surface area contributed by atoms with E-state index >= 15 is 0 Å². The maximum Gasteiger partial charge on any atom is 0.103 e.